The van der Waals surface area contributed by atoms with E-state index in [0.29, 0.717) is 5.56 Å². The van der Waals surface area contributed by atoms with Crippen molar-refractivity contribution in [3.8, 4) is 0 Å². The maximum atomic E-state index is 12.2. The van der Waals surface area contributed by atoms with Crippen LogP contribution in [0.5, 0.6) is 0 Å². The fourth-order valence-corrected chi connectivity index (χ4v) is 2.73. The lowest BCUT2D eigenvalue weighted by Gasteiger charge is -2.15. The Balaban J connectivity index is 2.05. The summed E-state index contributed by atoms with van der Waals surface area (Å²) in [7, 11) is 0. The molecule has 0 spiro atoms. The van der Waals surface area contributed by atoms with Gasteiger partial charge in [0.15, 0.2) is 0 Å². The van der Waals surface area contributed by atoms with Crippen LogP contribution < -0.4 is 10.6 Å². The lowest BCUT2D eigenvalue weighted by atomic mass is 10.2. The first-order valence-electron chi connectivity index (χ1n) is 6.64. The first kappa shape index (κ1) is 14.2. The number of aromatic nitrogens is 1. The molecule has 0 aromatic carbocycles. The van der Waals surface area contributed by atoms with Gasteiger partial charge in [-0.25, -0.2) is 0 Å². The summed E-state index contributed by atoms with van der Waals surface area (Å²) >= 11 is 1.85. The molecule has 104 valence electrons. The molecule has 0 aliphatic heterocycles. The molecule has 0 radical (unpaired) electrons. The van der Waals surface area contributed by atoms with Gasteiger partial charge in [-0.3, -0.25) is 9.78 Å². The van der Waals surface area contributed by atoms with E-state index in [1.54, 1.807) is 6.20 Å². The molecule has 1 amide bonds. The van der Waals surface area contributed by atoms with Gasteiger partial charge in [-0.1, -0.05) is 0 Å². The zero-order valence-electron chi connectivity index (χ0n) is 11.7. The molecule has 1 aromatic heterocycles. The maximum absolute atomic E-state index is 12.2. The third-order valence-corrected chi connectivity index (χ3v) is 4.88. The summed E-state index contributed by atoms with van der Waals surface area (Å²) in [6, 6.07) is 1.92. The highest BCUT2D eigenvalue weighted by atomic mass is 32.2. The van der Waals surface area contributed by atoms with Crippen LogP contribution in [0.25, 0.3) is 0 Å². The predicted molar refractivity (Wildman–Crippen MR) is 81.0 cm³/mol. The number of carbonyl (C=O) groups is 1. The largest absolute Gasteiger partial charge is 0.385 e. The summed E-state index contributed by atoms with van der Waals surface area (Å²) in [5.74, 6) is -0.0382. The molecule has 2 rings (SSSR count). The van der Waals surface area contributed by atoms with Gasteiger partial charge in [0.2, 0.25) is 0 Å². The predicted octanol–water partition coefficient (Wildman–Crippen LogP) is 2.45. The van der Waals surface area contributed by atoms with E-state index < -0.39 is 0 Å². The summed E-state index contributed by atoms with van der Waals surface area (Å²) in [5, 5.41) is 6.25. The van der Waals surface area contributed by atoms with Crippen molar-refractivity contribution < 1.29 is 4.79 Å². The first-order chi connectivity index (χ1) is 9.10. The summed E-state index contributed by atoms with van der Waals surface area (Å²) in [5.41, 5.74) is 2.40. The maximum Gasteiger partial charge on any atom is 0.255 e. The van der Waals surface area contributed by atoms with Gasteiger partial charge in [-0.15, -0.1) is 0 Å². The number of hydrogen-bond acceptors (Lipinski definition) is 4. The lowest BCUT2D eigenvalue weighted by Crippen LogP contribution is -2.32. The van der Waals surface area contributed by atoms with Gasteiger partial charge < -0.3 is 10.6 Å². The lowest BCUT2D eigenvalue weighted by molar-refractivity contribution is 0.0953. The third kappa shape index (κ3) is 3.41. The van der Waals surface area contributed by atoms with E-state index in [4.69, 9.17) is 0 Å². The quantitative estimate of drug-likeness (QED) is 0.840. The van der Waals surface area contributed by atoms with E-state index in [-0.39, 0.29) is 10.7 Å². The zero-order valence-corrected chi connectivity index (χ0v) is 12.6. The van der Waals surface area contributed by atoms with Crippen molar-refractivity contribution in [2.75, 3.05) is 24.7 Å². The van der Waals surface area contributed by atoms with Gasteiger partial charge >= 0.3 is 0 Å². The molecule has 1 aliphatic carbocycles. The normalized spacial score (nSPS) is 15.9. The van der Waals surface area contributed by atoms with Crippen LogP contribution in [0.2, 0.25) is 0 Å². The molecule has 0 atom stereocenters. The minimum Gasteiger partial charge on any atom is -0.385 e. The Bertz CT molecular complexity index is 472. The number of nitrogens with one attached hydrogen (secondary N) is 2. The van der Waals surface area contributed by atoms with Gasteiger partial charge in [-0.2, -0.15) is 11.8 Å². The highest BCUT2D eigenvalue weighted by Gasteiger charge is 2.42. The minimum atomic E-state index is -0.0382. The highest BCUT2D eigenvalue weighted by Crippen LogP contribution is 2.46. The fourth-order valence-electron chi connectivity index (χ4n) is 2.01. The number of thioether (sulfide) groups is 1. The Kier molecular flexibility index (Phi) is 4.34. The van der Waals surface area contributed by atoms with Crippen LogP contribution in [0.1, 0.15) is 35.8 Å². The van der Waals surface area contributed by atoms with Crippen molar-refractivity contribution in [2.24, 2.45) is 0 Å². The number of nitrogens with zero attached hydrogens (tertiary/aromatic N) is 1. The van der Waals surface area contributed by atoms with Gasteiger partial charge in [0.05, 0.1) is 11.3 Å². The molecule has 1 fully saturated rings. The van der Waals surface area contributed by atoms with Crippen LogP contribution in [0.4, 0.5) is 5.69 Å². The SMILES string of the molecule is CCNc1cc(C)ncc1C(=O)NCC1(SC)CC1. The Morgan fingerprint density at radius 2 is 2.26 bits per heavy atom. The second-order valence-corrected chi connectivity index (χ2v) is 6.25. The molecule has 0 bridgehead atoms. The average molecular weight is 279 g/mol. The van der Waals surface area contributed by atoms with Gasteiger partial charge in [0.1, 0.15) is 0 Å². The van der Waals surface area contributed by atoms with Crippen molar-refractivity contribution in [3.63, 3.8) is 0 Å². The van der Waals surface area contributed by atoms with Crippen LogP contribution in [0, 0.1) is 6.92 Å². The van der Waals surface area contributed by atoms with Crippen molar-refractivity contribution >= 4 is 23.4 Å². The minimum absolute atomic E-state index is 0.0382. The van der Waals surface area contributed by atoms with Gasteiger partial charge in [0.25, 0.3) is 5.91 Å². The monoisotopic (exact) mass is 279 g/mol. The molecule has 1 aliphatic rings. The van der Waals surface area contributed by atoms with Crippen LogP contribution in [0.3, 0.4) is 0 Å². The van der Waals surface area contributed by atoms with E-state index in [1.165, 1.54) is 12.8 Å². The number of hydrogen-bond donors (Lipinski definition) is 2. The van der Waals surface area contributed by atoms with Crippen LogP contribution in [-0.4, -0.2) is 35.0 Å². The Morgan fingerprint density at radius 3 is 2.84 bits per heavy atom. The van der Waals surface area contributed by atoms with E-state index in [0.717, 1.165) is 24.5 Å². The Hall–Kier alpha value is -1.23. The first-order valence-corrected chi connectivity index (χ1v) is 7.86. The van der Waals surface area contributed by atoms with Crippen molar-refractivity contribution in [1.29, 1.82) is 0 Å². The second-order valence-electron chi connectivity index (χ2n) is 4.97. The zero-order chi connectivity index (χ0) is 13.9. The van der Waals surface area contributed by atoms with Gasteiger partial charge in [-0.05, 0) is 39.0 Å². The molecular formula is C14H21N3OS. The molecule has 4 nitrogen and oxygen atoms in total. The Morgan fingerprint density at radius 1 is 1.53 bits per heavy atom. The third-order valence-electron chi connectivity index (χ3n) is 3.46. The number of carbonyl (C=O) groups excluding carboxylic acids is 1. The van der Waals surface area contributed by atoms with Gasteiger partial charge in [0, 0.05) is 29.7 Å². The van der Waals surface area contributed by atoms with Crippen LogP contribution in [-0.2, 0) is 0 Å². The number of amides is 1. The fraction of sp³-hybridized carbons (Fsp3) is 0.571. The van der Waals surface area contributed by atoms with E-state index >= 15 is 0 Å². The summed E-state index contributed by atoms with van der Waals surface area (Å²) in [4.78, 5) is 16.5. The second kappa shape index (κ2) is 5.82. The number of rotatable bonds is 6. The summed E-state index contributed by atoms with van der Waals surface area (Å²) in [6.45, 7) is 5.48. The highest BCUT2D eigenvalue weighted by molar-refractivity contribution is 8.00. The topological polar surface area (TPSA) is 54.0 Å². The number of anilines is 1. The van der Waals surface area contributed by atoms with E-state index in [2.05, 4.69) is 21.9 Å². The molecular weight excluding hydrogens is 258 g/mol. The van der Waals surface area contributed by atoms with E-state index in [1.807, 2.05) is 31.7 Å². The average Bonchev–Trinajstić information content (AvgIpc) is 3.17. The molecule has 0 unspecified atom stereocenters. The van der Waals surface area contributed by atoms with E-state index in [9.17, 15) is 4.79 Å². The summed E-state index contributed by atoms with van der Waals surface area (Å²) in [6.07, 6.45) is 6.15. The number of aryl methyl sites for hydroxylation is 1. The molecule has 2 N–H and O–H groups in total. The number of pyridine rings is 1. The molecule has 1 heterocycles. The molecule has 5 heteroatoms. The summed E-state index contributed by atoms with van der Waals surface area (Å²) < 4.78 is 0.284. The molecule has 1 aromatic rings. The van der Waals surface area contributed by atoms with Crippen molar-refractivity contribution in [3.05, 3.63) is 23.5 Å². The Labute approximate surface area is 118 Å². The molecule has 19 heavy (non-hydrogen) atoms. The van der Waals surface area contributed by atoms with Crippen molar-refractivity contribution in [1.82, 2.24) is 10.3 Å². The molecule has 1 saturated carbocycles. The smallest absolute Gasteiger partial charge is 0.255 e. The standard InChI is InChI=1S/C14H21N3OS/c1-4-15-12-7-10(2)16-8-11(12)13(18)17-9-14(19-3)5-6-14/h7-8H,4-6,9H2,1-3H3,(H,15,16)(H,17,18). The van der Waals surface area contributed by atoms with Crippen LogP contribution in [0.15, 0.2) is 12.3 Å². The molecule has 0 saturated heterocycles. The van der Waals surface area contributed by atoms with Crippen molar-refractivity contribution in [2.45, 2.75) is 31.4 Å². The van der Waals surface area contributed by atoms with Crippen LogP contribution >= 0.6 is 11.8 Å².